The van der Waals surface area contributed by atoms with Crippen molar-refractivity contribution < 1.29 is 4.12 Å². The predicted octanol–water partition coefficient (Wildman–Crippen LogP) is 3.60. The number of hydrogen-bond acceptors (Lipinski definition) is 1. The minimum absolute atomic E-state index is 0.674. The van der Waals surface area contributed by atoms with E-state index in [2.05, 4.69) is 40.0 Å². The Hall–Kier alpha value is 0.684. The van der Waals surface area contributed by atoms with Crippen LogP contribution >= 0.6 is 11.6 Å². The zero-order valence-electron chi connectivity index (χ0n) is 9.07. The molecule has 0 spiro atoms. The molecule has 12 heavy (non-hydrogen) atoms. The van der Waals surface area contributed by atoms with E-state index >= 15 is 0 Å². The molecule has 0 saturated heterocycles. The highest BCUT2D eigenvalue weighted by molar-refractivity contribution is 6.88. The lowest BCUT2D eigenvalue weighted by Gasteiger charge is -2.35. The van der Waals surface area contributed by atoms with Gasteiger partial charge in [-0.15, -0.1) is 11.6 Å². The maximum absolute atomic E-state index is 6.18. The summed E-state index contributed by atoms with van der Waals surface area (Å²) in [6, 6.07) is 0. The van der Waals surface area contributed by atoms with Gasteiger partial charge in [0.15, 0.2) is 16.6 Å². The molecule has 0 aromatic heterocycles. The van der Waals surface area contributed by atoms with Crippen LogP contribution in [-0.2, 0) is 4.12 Å². The summed E-state index contributed by atoms with van der Waals surface area (Å²) in [6.45, 7) is 13.4. The van der Waals surface area contributed by atoms with Gasteiger partial charge >= 0.3 is 0 Å². The first-order valence-electron chi connectivity index (χ1n) is 4.47. The van der Waals surface area contributed by atoms with Gasteiger partial charge in [-0.1, -0.05) is 13.8 Å². The van der Waals surface area contributed by atoms with E-state index < -0.39 is 16.6 Å². The molecule has 0 aliphatic carbocycles. The molecular weight excluding hydrogens is 204 g/mol. The topological polar surface area (TPSA) is 9.23 Å². The molecule has 1 nitrogen and oxygen atoms in total. The lowest BCUT2D eigenvalue weighted by molar-refractivity contribution is 0.532. The van der Waals surface area contributed by atoms with E-state index in [0.29, 0.717) is 11.0 Å². The normalized spacial score (nSPS) is 14.0. The Labute approximate surface area is 83.7 Å². The predicted molar refractivity (Wildman–Crippen MR) is 61.9 cm³/mol. The lowest BCUT2D eigenvalue weighted by Crippen LogP contribution is -2.47. The van der Waals surface area contributed by atoms with E-state index in [0.717, 1.165) is 0 Å². The lowest BCUT2D eigenvalue weighted by atomic mass is 10.6. The van der Waals surface area contributed by atoms with Crippen molar-refractivity contribution >= 4 is 28.2 Å². The second-order valence-corrected chi connectivity index (χ2v) is 14.5. The molecule has 0 amide bonds. The summed E-state index contributed by atoms with van der Waals surface area (Å²) in [6.07, 6.45) is 0. The average Bonchev–Trinajstić information content (AvgIpc) is 1.85. The molecule has 0 aliphatic rings. The summed E-state index contributed by atoms with van der Waals surface area (Å²) in [4.78, 5) is 0. The van der Waals surface area contributed by atoms with Crippen molar-refractivity contribution in [3.63, 3.8) is 0 Å². The van der Waals surface area contributed by atoms with Crippen molar-refractivity contribution in [2.45, 2.75) is 45.6 Å². The van der Waals surface area contributed by atoms with Crippen LogP contribution in [0.3, 0.4) is 0 Å². The van der Waals surface area contributed by atoms with Gasteiger partial charge in [-0.05, 0) is 31.7 Å². The highest BCUT2D eigenvalue weighted by atomic mass is 35.5. The molecule has 0 aromatic rings. The molecule has 74 valence electrons. The Balaban J connectivity index is 4.23. The van der Waals surface area contributed by atoms with Crippen LogP contribution in [0.4, 0.5) is 0 Å². The minimum atomic E-state index is -1.55. The van der Waals surface area contributed by atoms with Crippen molar-refractivity contribution in [1.82, 2.24) is 0 Å². The molecule has 0 atom stereocenters. The maximum Gasteiger partial charge on any atom is 0.188 e. The Morgan fingerprint density at radius 1 is 1.17 bits per heavy atom. The summed E-state index contributed by atoms with van der Waals surface area (Å²) >= 11 is 5.86. The van der Waals surface area contributed by atoms with Gasteiger partial charge in [0, 0.05) is 5.50 Å². The van der Waals surface area contributed by atoms with E-state index in [1.807, 2.05) is 0 Å². The second-order valence-electron chi connectivity index (χ2n) is 4.75. The van der Waals surface area contributed by atoms with Crippen LogP contribution in [0.2, 0.25) is 31.7 Å². The zero-order valence-corrected chi connectivity index (χ0v) is 11.8. The molecular formula is C8H21ClOSi2. The van der Waals surface area contributed by atoms with Gasteiger partial charge < -0.3 is 4.12 Å². The number of hydrogen-bond donors (Lipinski definition) is 0. The minimum Gasteiger partial charge on any atom is -0.454 e. The van der Waals surface area contributed by atoms with Crippen molar-refractivity contribution in [3.05, 3.63) is 0 Å². The number of halogens is 1. The Morgan fingerprint density at radius 3 is 1.83 bits per heavy atom. The summed E-state index contributed by atoms with van der Waals surface area (Å²) < 4.78 is 6.18. The van der Waals surface area contributed by atoms with E-state index in [-0.39, 0.29) is 0 Å². The van der Waals surface area contributed by atoms with Crippen LogP contribution in [0.25, 0.3) is 0 Å². The van der Waals surface area contributed by atoms with Gasteiger partial charge in [-0.25, -0.2) is 0 Å². The molecule has 0 fully saturated rings. The van der Waals surface area contributed by atoms with Crippen molar-refractivity contribution in [2.24, 2.45) is 0 Å². The molecule has 0 aliphatic heterocycles. The number of alkyl halides is 1. The molecule has 0 bridgehead atoms. The van der Waals surface area contributed by atoms with E-state index in [1.165, 1.54) is 0 Å². The molecule has 0 N–H and O–H groups in total. The monoisotopic (exact) mass is 224 g/mol. The Bertz CT molecular complexity index is 146. The fourth-order valence-electron chi connectivity index (χ4n) is 0.857. The van der Waals surface area contributed by atoms with E-state index in [9.17, 15) is 0 Å². The quantitative estimate of drug-likeness (QED) is 0.524. The van der Waals surface area contributed by atoms with Gasteiger partial charge in [-0.2, -0.15) is 0 Å². The molecule has 0 rings (SSSR count). The average molecular weight is 225 g/mol. The first-order chi connectivity index (χ1) is 5.21. The Kier molecular flexibility index (Phi) is 4.51. The fraction of sp³-hybridized carbons (Fsp3) is 1.00. The van der Waals surface area contributed by atoms with Crippen LogP contribution in [0.1, 0.15) is 13.8 Å². The van der Waals surface area contributed by atoms with Crippen LogP contribution in [-0.4, -0.2) is 22.1 Å². The zero-order chi connectivity index (χ0) is 9.99. The highest BCUT2D eigenvalue weighted by Gasteiger charge is 2.34. The summed E-state index contributed by atoms with van der Waals surface area (Å²) in [5.41, 5.74) is 1.38. The number of rotatable bonds is 4. The van der Waals surface area contributed by atoms with Crippen LogP contribution < -0.4 is 0 Å². The van der Waals surface area contributed by atoms with Crippen LogP contribution in [0.5, 0.6) is 0 Å². The first kappa shape index (κ1) is 12.7. The summed E-state index contributed by atoms with van der Waals surface area (Å²) in [5.74, 6) is 0. The Morgan fingerprint density at radius 2 is 1.58 bits per heavy atom. The fourth-order valence-corrected chi connectivity index (χ4v) is 8.21. The molecule has 0 saturated carbocycles. The third kappa shape index (κ3) is 4.07. The molecule has 0 radical (unpaired) electrons. The van der Waals surface area contributed by atoms with Crippen molar-refractivity contribution in [2.75, 3.05) is 5.50 Å². The second kappa shape index (κ2) is 4.26. The van der Waals surface area contributed by atoms with Crippen molar-refractivity contribution in [1.29, 1.82) is 0 Å². The van der Waals surface area contributed by atoms with Gasteiger partial charge in [0.25, 0.3) is 0 Å². The van der Waals surface area contributed by atoms with Crippen molar-refractivity contribution in [3.8, 4) is 0 Å². The first-order valence-corrected chi connectivity index (χ1v) is 11.1. The molecule has 0 heterocycles. The van der Waals surface area contributed by atoms with Gasteiger partial charge in [0.2, 0.25) is 0 Å². The summed E-state index contributed by atoms with van der Waals surface area (Å²) in [5, 5.41) is 0. The smallest absolute Gasteiger partial charge is 0.188 e. The third-order valence-corrected chi connectivity index (χ3v) is 11.9. The molecule has 0 unspecified atom stereocenters. The van der Waals surface area contributed by atoms with Gasteiger partial charge in [0.1, 0.15) is 0 Å². The largest absolute Gasteiger partial charge is 0.454 e. The van der Waals surface area contributed by atoms with E-state index in [4.69, 9.17) is 15.7 Å². The third-order valence-electron chi connectivity index (χ3n) is 2.25. The maximum atomic E-state index is 6.18. The van der Waals surface area contributed by atoms with Crippen LogP contribution in [0.15, 0.2) is 0 Å². The van der Waals surface area contributed by atoms with Gasteiger partial charge in [0.05, 0.1) is 0 Å². The highest BCUT2D eigenvalue weighted by Crippen LogP contribution is 2.25. The van der Waals surface area contributed by atoms with Gasteiger partial charge in [-0.3, -0.25) is 0 Å². The standard InChI is InChI=1S/C8H21ClOSi2/c1-8(2)12(5,6)10-11(3,4)7-9/h8H,7H2,1-6H3. The summed E-state index contributed by atoms with van der Waals surface area (Å²) in [7, 11) is -3.01. The van der Waals surface area contributed by atoms with E-state index in [1.54, 1.807) is 0 Å². The molecule has 0 aromatic carbocycles. The SMILES string of the molecule is CC(C)[Si](C)(C)O[Si](C)(C)CCl. The van der Waals surface area contributed by atoms with Crippen LogP contribution in [0, 0.1) is 0 Å². The molecule has 4 heteroatoms.